The van der Waals surface area contributed by atoms with Crippen molar-refractivity contribution in [2.45, 2.75) is 44.2 Å². The van der Waals surface area contributed by atoms with E-state index in [1.54, 1.807) is 11.3 Å². The Kier molecular flexibility index (Phi) is 6.30. The Morgan fingerprint density at radius 1 is 1.30 bits per heavy atom. The average Bonchev–Trinajstić information content (AvgIpc) is 3.11. The first-order valence-electron chi connectivity index (χ1n) is 8.71. The topological polar surface area (TPSA) is 53.6 Å². The third-order valence-corrected chi connectivity index (χ3v) is 5.51. The summed E-state index contributed by atoms with van der Waals surface area (Å²) in [5.41, 5.74) is 1.29. The number of carbonyl (C=O) groups excluding carboxylic acids is 1. The van der Waals surface area contributed by atoms with E-state index in [1.165, 1.54) is 24.8 Å². The monoisotopic (exact) mass is 337 g/mol. The maximum atomic E-state index is 12.2. The van der Waals surface area contributed by atoms with Crippen LogP contribution < -0.4 is 10.6 Å². The fourth-order valence-electron chi connectivity index (χ4n) is 3.48. The molecule has 3 rings (SSSR count). The van der Waals surface area contributed by atoms with Gasteiger partial charge in [0.15, 0.2) is 0 Å². The van der Waals surface area contributed by atoms with Crippen molar-refractivity contribution in [2.24, 2.45) is 0 Å². The summed E-state index contributed by atoms with van der Waals surface area (Å²) in [4.78, 5) is 14.6. The first-order valence-corrected chi connectivity index (χ1v) is 9.65. The molecule has 1 aromatic rings. The lowest BCUT2D eigenvalue weighted by molar-refractivity contribution is 0.0167. The number of hydrogen-bond donors (Lipinski definition) is 2. The van der Waals surface area contributed by atoms with Gasteiger partial charge in [-0.05, 0) is 35.2 Å². The van der Waals surface area contributed by atoms with Gasteiger partial charge in [-0.2, -0.15) is 11.3 Å². The fourth-order valence-corrected chi connectivity index (χ4v) is 4.19. The molecule has 1 saturated carbocycles. The van der Waals surface area contributed by atoms with E-state index in [0.717, 1.165) is 39.1 Å². The quantitative estimate of drug-likeness (QED) is 0.869. The van der Waals surface area contributed by atoms with Crippen LogP contribution in [0.15, 0.2) is 16.8 Å². The van der Waals surface area contributed by atoms with Crippen molar-refractivity contribution in [3.63, 3.8) is 0 Å². The van der Waals surface area contributed by atoms with Gasteiger partial charge in [0.1, 0.15) is 0 Å². The summed E-state index contributed by atoms with van der Waals surface area (Å²) in [5.74, 6) is 0. The largest absolute Gasteiger partial charge is 0.379 e. The van der Waals surface area contributed by atoms with Gasteiger partial charge in [-0.15, -0.1) is 0 Å². The van der Waals surface area contributed by atoms with Crippen molar-refractivity contribution in [3.05, 3.63) is 22.4 Å². The van der Waals surface area contributed by atoms with Crippen LogP contribution in [0.5, 0.6) is 0 Å². The molecule has 2 N–H and O–H groups in total. The lowest BCUT2D eigenvalue weighted by Crippen LogP contribution is -2.47. The van der Waals surface area contributed by atoms with E-state index in [1.807, 2.05) is 0 Å². The summed E-state index contributed by atoms with van der Waals surface area (Å²) in [6.07, 6.45) is 6.00. The Balaban J connectivity index is 1.52. The third-order valence-electron chi connectivity index (χ3n) is 4.81. The zero-order chi connectivity index (χ0) is 15.9. The molecule has 1 aliphatic heterocycles. The van der Waals surface area contributed by atoms with Gasteiger partial charge in [0.2, 0.25) is 0 Å². The van der Waals surface area contributed by atoms with Gasteiger partial charge in [0, 0.05) is 25.7 Å². The Hall–Kier alpha value is -1.11. The maximum absolute atomic E-state index is 12.2. The van der Waals surface area contributed by atoms with Gasteiger partial charge in [0.25, 0.3) is 0 Å². The van der Waals surface area contributed by atoms with Crippen molar-refractivity contribution in [1.29, 1.82) is 0 Å². The van der Waals surface area contributed by atoms with Crippen LogP contribution in [-0.4, -0.2) is 49.8 Å². The number of hydrogen-bond acceptors (Lipinski definition) is 4. The molecule has 1 saturated heterocycles. The summed E-state index contributed by atoms with van der Waals surface area (Å²) < 4.78 is 5.45. The lowest BCUT2D eigenvalue weighted by Gasteiger charge is -2.34. The summed E-state index contributed by atoms with van der Waals surface area (Å²) in [6, 6.07) is 2.73. The minimum Gasteiger partial charge on any atom is -0.379 e. The number of carbonyl (C=O) groups is 1. The molecule has 23 heavy (non-hydrogen) atoms. The highest BCUT2D eigenvalue weighted by Crippen LogP contribution is 2.23. The normalized spacial score (nSPS) is 21.7. The Morgan fingerprint density at radius 3 is 2.78 bits per heavy atom. The molecule has 1 atom stereocenters. The highest BCUT2D eigenvalue weighted by molar-refractivity contribution is 7.07. The molecule has 6 heteroatoms. The molecule has 0 aromatic carbocycles. The van der Waals surface area contributed by atoms with Gasteiger partial charge in [-0.1, -0.05) is 19.3 Å². The Morgan fingerprint density at radius 2 is 2.09 bits per heavy atom. The van der Waals surface area contributed by atoms with Crippen molar-refractivity contribution in [3.8, 4) is 0 Å². The van der Waals surface area contributed by atoms with E-state index in [2.05, 4.69) is 32.4 Å². The second kappa shape index (κ2) is 8.66. The molecule has 5 nitrogen and oxygen atoms in total. The Bertz CT molecular complexity index is 468. The molecule has 2 amide bonds. The number of ether oxygens (including phenoxy) is 1. The average molecular weight is 337 g/mol. The molecule has 0 unspecified atom stereocenters. The fraction of sp³-hybridized carbons (Fsp3) is 0.706. The number of urea groups is 1. The third kappa shape index (κ3) is 4.93. The first-order chi connectivity index (χ1) is 11.3. The van der Waals surface area contributed by atoms with Crippen molar-refractivity contribution in [1.82, 2.24) is 15.5 Å². The molecular weight excluding hydrogens is 310 g/mol. The van der Waals surface area contributed by atoms with Gasteiger partial charge >= 0.3 is 6.03 Å². The summed E-state index contributed by atoms with van der Waals surface area (Å²) in [5, 5.41) is 10.5. The minimum absolute atomic E-state index is 0.0228. The van der Waals surface area contributed by atoms with Crippen LogP contribution in [0.4, 0.5) is 4.79 Å². The molecule has 128 valence electrons. The van der Waals surface area contributed by atoms with Gasteiger partial charge in [0.05, 0.1) is 19.3 Å². The lowest BCUT2D eigenvalue weighted by atomic mass is 9.96. The van der Waals surface area contributed by atoms with Gasteiger partial charge in [-0.25, -0.2) is 4.79 Å². The summed E-state index contributed by atoms with van der Waals surface area (Å²) in [7, 11) is 0. The van der Waals surface area contributed by atoms with Crippen LogP contribution in [0.3, 0.4) is 0 Å². The molecule has 0 bridgehead atoms. The van der Waals surface area contributed by atoms with Crippen LogP contribution >= 0.6 is 11.3 Å². The molecule has 2 fully saturated rings. The standard InChI is InChI=1S/C17H27N3O2S/c21-17(19-15-4-2-1-3-5-15)18-12-16(14-6-11-23-13-14)20-7-9-22-10-8-20/h6,11,13,15-16H,1-5,7-10,12H2,(H2,18,19,21)/t16-/m0/s1. The van der Waals surface area contributed by atoms with E-state index in [0.29, 0.717) is 12.6 Å². The summed E-state index contributed by atoms with van der Waals surface area (Å²) in [6.45, 7) is 4.04. The molecule has 2 aliphatic rings. The van der Waals surface area contributed by atoms with Crippen molar-refractivity contribution < 1.29 is 9.53 Å². The molecule has 0 spiro atoms. The zero-order valence-corrected chi connectivity index (χ0v) is 14.4. The van der Waals surface area contributed by atoms with Gasteiger partial charge in [-0.3, -0.25) is 4.90 Å². The second-order valence-corrected chi connectivity index (χ2v) is 7.19. The first kappa shape index (κ1) is 16.7. The van der Waals surface area contributed by atoms with Crippen molar-refractivity contribution >= 4 is 17.4 Å². The van der Waals surface area contributed by atoms with E-state index < -0.39 is 0 Å². The number of rotatable bonds is 5. The van der Waals surface area contributed by atoms with E-state index in [4.69, 9.17) is 4.74 Å². The number of amides is 2. The highest BCUT2D eigenvalue weighted by atomic mass is 32.1. The molecule has 0 radical (unpaired) electrons. The van der Waals surface area contributed by atoms with Crippen LogP contribution in [0.1, 0.15) is 43.7 Å². The number of morpholine rings is 1. The molecule has 1 aromatic heterocycles. The number of nitrogens with one attached hydrogen (secondary N) is 2. The van der Waals surface area contributed by atoms with Gasteiger partial charge < -0.3 is 15.4 Å². The predicted octanol–water partition coefficient (Wildman–Crippen LogP) is 2.75. The van der Waals surface area contributed by atoms with Crippen molar-refractivity contribution in [2.75, 3.05) is 32.8 Å². The SMILES string of the molecule is O=C(NC[C@@H](c1ccsc1)N1CCOCC1)NC1CCCCC1. The second-order valence-electron chi connectivity index (χ2n) is 6.41. The van der Waals surface area contributed by atoms with Crippen LogP contribution in [0, 0.1) is 0 Å². The zero-order valence-electron chi connectivity index (χ0n) is 13.6. The highest BCUT2D eigenvalue weighted by Gasteiger charge is 2.24. The maximum Gasteiger partial charge on any atom is 0.315 e. The number of nitrogens with zero attached hydrogens (tertiary/aromatic N) is 1. The van der Waals surface area contributed by atoms with Crippen LogP contribution in [0.2, 0.25) is 0 Å². The van der Waals surface area contributed by atoms with Crippen LogP contribution in [0.25, 0.3) is 0 Å². The molecular formula is C17H27N3O2S. The number of thiophene rings is 1. The summed E-state index contributed by atoms with van der Waals surface area (Å²) >= 11 is 1.71. The smallest absolute Gasteiger partial charge is 0.315 e. The van der Waals surface area contributed by atoms with E-state index in [-0.39, 0.29) is 12.1 Å². The minimum atomic E-state index is -0.0228. The van der Waals surface area contributed by atoms with E-state index >= 15 is 0 Å². The Labute approximate surface area is 142 Å². The molecule has 2 heterocycles. The van der Waals surface area contributed by atoms with E-state index in [9.17, 15) is 4.79 Å². The predicted molar refractivity (Wildman–Crippen MR) is 92.9 cm³/mol. The van der Waals surface area contributed by atoms with Crippen LogP contribution in [-0.2, 0) is 4.74 Å². The molecule has 1 aliphatic carbocycles.